The van der Waals surface area contributed by atoms with Gasteiger partial charge in [0.2, 0.25) is 0 Å². The molecule has 17 heavy (non-hydrogen) atoms. The van der Waals surface area contributed by atoms with Crippen molar-refractivity contribution in [2.75, 3.05) is 20.3 Å². The molecule has 0 amide bonds. The van der Waals surface area contributed by atoms with E-state index in [1.165, 1.54) is 11.3 Å². The number of ether oxygens (including phenoxy) is 3. The topological polar surface area (TPSA) is 44.8 Å². The van der Waals surface area contributed by atoms with Gasteiger partial charge >= 0.3 is 5.97 Å². The Labute approximate surface area is 104 Å². The summed E-state index contributed by atoms with van der Waals surface area (Å²) in [6.45, 7) is 1.24. The fourth-order valence-corrected chi connectivity index (χ4v) is 2.58. The summed E-state index contributed by atoms with van der Waals surface area (Å²) in [5.41, 5.74) is 0. The summed E-state index contributed by atoms with van der Waals surface area (Å²) < 4.78 is 15.7. The smallest absolute Gasteiger partial charge is 0.352 e. The Morgan fingerprint density at radius 1 is 1.65 bits per heavy atom. The normalized spacial score (nSPS) is 19.2. The molecule has 1 aromatic heterocycles. The summed E-state index contributed by atoms with van der Waals surface area (Å²) in [5, 5.41) is 1.81. The van der Waals surface area contributed by atoms with Crippen molar-refractivity contribution in [2.24, 2.45) is 0 Å². The highest BCUT2D eigenvalue weighted by atomic mass is 32.1. The Bertz CT molecular complexity index is 368. The van der Waals surface area contributed by atoms with Crippen molar-refractivity contribution < 1.29 is 19.0 Å². The van der Waals surface area contributed by atoms with Crippen LogP contribution in [0.1, 0.15) is 28.9 Å². The molecule has 1 saturated heterocycles. The zero-order valence-corrected chi connectivity index (χ0v) is 10.6. The number of hydrogen-bond donors (Lipinski definition) is 0. The fourth-order valence-electron chi connectivity index (χ4n) is 1.83. The average molecular weight is 256 g/mol. The van der Waals surface area contributed by atoms with Gasteiger partial charge in [0.05, 0.1) is 19.8 Å². The van der Waals surface area contributed by atoms with Crippen LogP contribution in [0.25, 0.3) is 0 Å². The molecule has 5 heteroatoms. The summed E-state index contributed by atoms with van der Waals surface area (Å²) in [5.74, 6) is 0.270. The van der Waals surface area contributed by atoms with Crippen molar-refractivity contribution in [3.63, 3.8) is 0 Å². The summed E-state index contributed by atoms with van der Waals surface area (Å²) in [7, 11) is 1.55. The molecule has 0 radical (unpaired) electrons. The minimum atomic E-state index is -0.310. The third-order valence-corrected chi connectivity index (χ3v) is 3.61. The highest BCUT2D eigenvalue weighted by Crippen LogP contribution is 2.25. The van der Waals surface area contributed by atoms with Gasteiger partial charge in [-0.05, 0) is 24.3 Å². The van der Waals surface area contributed by atoms with E-state index in [9.17, 15) is 4.79 Å². The van der Waals surface area contributed by atoms with E-state index >= 15 is 0 Å². The lowest BCUT2D eigenvalue weighted by atomic mass is 10.2. The first-order valence-electron chi connectivity index (χ1n) is 5.71. The van der Waals surface area contributed by atoms with E-state index in [0.717, 1.165) is 25.9 Å². The van der Waals surface area contributed by atoms with E-state index < -0.39 is 0 Å². The van der Waals surface area contributed by atoms with Crippen molar-refractivity contribution in [2.45, 2.75) is 25.4 Å². The molecule has 0 spiro atoms. The van der Waals surface area contributed by atoms with Crippen LogP contribution in [0.15, 0.2) is 11.4 Å². The predicted molar refractivity (Wildman–Crippen MR) is 64.7 cm³/mol. The molecule has 1 aliphatic heterocycles. The van der Waals surface area contributed by atoms with Gasteiger partial charge in [0.1, 0.15) is 5.75 Å². The van der Waals surface area contributed by atoms with E-state index in [2.05, 4.69) is 0 Å². The van der Waals surface area contributed by atoms with E-state index in [-0.39, 0.29) is 12.1 Å². The summed E-state index contributed by atoms with van der Waals surface area (Å²) in [6.07, 6.45) is 3.21. The minimum absolute atomic E-state index is 0.257. The van der Waals surface area contributed by atoms with E-state index in [1.807, 2.05) is 5.38 Å². The van der Waals surface area contributed by atoms with Crippen LogP contribution in [-0.2, 0) is 9.47 Å². The number of esters is 1. The maximum Gasteiger partial charge on any atom is 0.352 e. The van der Waals surface area contributed by atoms with Crippen LogP contribution in [0.5, 0.6) is 5.75 Å². The van der Waals surface area contributed by atoms with E-state index in [1.54, 1.807) is 13.2 Å². The zero-order valence-electron chi connectivity index (χ0n) is 9.81. The molecule has 0 aromatic carbocycles. The van der Waals surface area contributed by atoms with Gasteiger partial charge in [0, 0.05) is 13.0 Å². The summed E-state index contributed by atoms with van der Waals surface area (Å²) >= 11 is 1.33. The Balaban J connectivity index is 1.77. The standard InChI is InChI=1S/C12H16O4S/c1-14-10-5-8-17-11(10)12(13)16-7-4-9-3-2-6-15-9/h5,8-9H,2-4,6-7H2,1H3/t9-/m0/s1. The minimum Gasteiger partial charge on any atom is -0.495 e. The lowest BCUT2D eigenvalue weighted by Crippen LogP contribution is -2.12. The molecule has 0 aliphatic carbocycles. The molecule has 2 heterocycles. The SMILES string of the molecule is COc1ccsc1C(=O)OCC[C@@H]1CCCO1. The maximum absolute atomic E-state index is 11.7. The van der Waals surface area contributed by atoms with Crippen LogP contribution in [0, 0.1) is 0 Å². The van der Waals surface area contributed by atoms with Gasteiger partial charge < -0.3 is 14.2 Å². The molecule has 0 unspecified atom stereocenters. The zero-order chi connectivity index (χ0) is 12.1. The molecule has 1 aliphatic rings. The molecular formula is C12H16O4S. The van der Waals surface area contributed by atoms with Gasteiger partial charge in [-0.2, -0.15) is 0 Å². The number of carbonyl (C=O) groups excluding carboxylic acids is 1. The number of methoxy groups -OCH3 is 1. The highest BCUT2D eigenvalue weighted by molar-refractivity contribution is 7.12. The number of carbonyl (C=O) groups is 1. The van der Waals surface area contributed by atoms with E-state index in [4.69, 9.17) is 14.2 Å². The van der Waals surface area contributed by atoms with Gasteiger partial charge in [-0.15, -0.1) is 11.3 Å². The fraction of sp³-hybridized carbons (Fsp3) is 0.583. The van der Waals surface area contributed by atoms with Crippen LogP contribution in [0.4, 0.5) is 0 Å². The van der Waals surface area contributed by atoms with Gasteiger partial charge in [0.25, 0.3) is 0 Å². The number of hydrogen-bond acceptors (Lipinski definition) is 5. The van der Waals surface area contributed by atoms with Crippen LogP contribution in [-0.4, -0.2) is 32.4 Å². The Morgan fingerprint density at radius 3 is 3.24 bits per heavy atom. The van der Waals surface area contributed by atoms with Crippen molar-refractivity contribution >= 4 is 17.3 Å². The molecule has 1 aromatic rings. The Kier molecular flexibility index (Phi) is 4.39. The molecular weight excluding hydrogens is 240 g/mol. The van der Waals surface area contributed by atoms with Crippen molar-refractivity contribution in [1.82, 2.24) is 0 Å². The number of thiophene rings is 1. The third-order valence-electron chi connectivity index (χ3n) is 2.73. The molecule has 0 saturated carbocycles. The van der Waals surface area contributed by atoms with Crippen LogP contribution in [0.3, 0.4) is 0 Å². The molecule has 0 N–H and O–H groups in total. The van der Waals surface area contributed by atoms with Crippen molar-refractivity contribution in [3.05, 3.63) is 16.3 Å². The quantitative estimate of drug-likeness (QED) is 0.759. The average Bonchev–Trinajstić information content (AvgIpc) is 2.99. The monoisotopic (exact) mass is 256 g/mol. The van der Waals surface area contributed by atoms with Gasteiger partial charge in [-0.25, -0.2) is 4.79 Å². The molecule has 94 valence electrons. The maximum atomic E-state index is 11.7. The molecule has 4 nitrogen and oxygen atoms in total. The van der Waals surface area contributed by atoms with E-state index in [0.29, 0.717) is 17.2 Å². The third kappa shape index (κ3) is 3.20. The first-order chi connectivity index (χ1) is 8.31. The first kappa shape index (κ1) is 12.4. The van der Waals surface area contributed by atoms with Crippen molar-refractivity contribution in [1.29, 1.82) is 0 Å². The van der Waals surface area contributed by atoms with Crippen molar-refractivity contribution in [3.8, 4) is 5.75 Å². The molecule has 2 rings (SSSR count). The summed E-state index contributed by atoms with van der Waals surface area (Å²) in [6, 6.07) is 1.77. The predicted octanol–water partition coefficient (Wildman–Crippen LogP) is 2.48. The Hall–Kier alpha value is -1.07. The van der Waals surface area contributed by atoms with Gasteiger partial charge in [-0.3, -0.25) is 0 Å². The Morgan fingerprint density at radius 2 is 2.53 bits per heavy atom. The van der Waals surface area contributed by atoms with Crippen LogP contribution in [0.2, 0.25) is 0 Å². The van der Waals surface area contributed by atoms with Gasteiger partial charge in [-0.1, -0.05) is 0 Å². The van der Waals surface area contributed by atoms with Crippen LogP contribution < -0.4 is 4.74 Å². The van der Waals surface area contributed by atoms with Gasteiger partial charge in [0.15, 0.2) is 4.88 Å². The lowest BCUT2D eigenvalue weighted by molar-refractivity contribution is 0.0388. The largest absolute Gasteiger partial charge is 0.495 e. The second-order valence-corrected chi connectivity index (χ2v) is 4.79. The lowest BCUT2D eigenvalue weighted by Gasteiger charge is -2.09. The molecule has 1 atom stereocenters. The second kappa shape index (κ2) is 6.02. The summed E-state index contributed by atoms with van der Waals surface area (Å²) in [4.78, 5) is 12.3. The van der Waals surface area contributed by atoms with Crippen LogP contribution >= 0.6 is 11.3 Å². The number of rotatable bonds is 5. The first-order valence-corrected chi connectivity index (χ1v) is 6.59. The molecule has 0 bridgehead atoms. The second-order valence-electron chi connectivity index (χ2n) is 3.88. The highest BCUT2D eigenvalue weighted by Gasteiger charge is 2.18. The molecule has 1 fully saturated rings.